The van der Waals surface area contributed by atoms with Crippen molar-refractivity contribution in [2.75, 3.05) is 23.7 Å². The molecule has 0 aliphatic rings. The highest BCUT2D eigenvalue weighted by atomic mass is 32.2. The third-order valence-corrected chi connectivity index (χ3v) is 6.87. The molecule has 11 heteroatoms. The van der Waals surface area contributed by atoms with Crippen LogP contribution >= 0.6 is 0 Å². The number of amides is 2. The predicted molar refractivity (Wildman–Crippen MR) is 137 cm³/mol. The van der Waals surface area contributed by atoms with Crippen molar-refractivity contribution in [3.8, 4) is 0 Å². The van der Waals surface area contributed by atoms with Crippen molar-refractivity contribution in [1.29, 1.82) is 0 Å². The van der Waals surface area contributed by atoms with Gasteiger partial charge in [-0.2, -0.15) is 0 Å². The standard InChI is InChI=1S/C26H34F3N3O4S/c1-5-24(26(34)30-16-18(2)3)31(17-19-8-10-20(27)11-9-19)25(33)7-6-14-32(37(4,35)36)21-12-13-22(28)23(29)15-21/h8-13,15,18,24H,5-7,14,16-17H2,1-4H3,(H,30,34). The van der Waals surface area contributed by atoms with Crippen molar-refractivity contribution in [2.24, 2.45) is 5.92 Å². The lowest BCUT2D eigenvalue weighted by atomic mass is 10.1. The minimum absolute atomic E-state index is 0.0588. The lowest BCUT2D eigenvalue weighted by Gasteiger charge is -2.31. The maximum Gasteiger partial charge on any atom is 0.242 e. The first-order valence-corrected chi connectivity index (χ1v) is 13.9. The molecule has 1 atom stereocenters. The van der Waals surface area contributed by atoms with E-state index in [1.807, 2.05) is 13.8 Å². The average molecular weight is 542 g/mol. The van der Waals surface area contributed by atoms with Crippen LogP contribution in [0, 0.1) is 23.4 Å². The number of anilines is 1. The van der Waals surface area contributed by atoms with Gasteiger partial charge in [-0.3, -0.25) is 13.9 Å². The Kier molecular flexibility index (Phi) is 11.0. The molecular formula is C26H34F3N3O4S. The first kappa shape index (κ1) is 30.1. The third-order valence-electron chi connectivity index (χ3n) is 5.68. The highest BCUT2D eigenvalue weighted by Gasteiger charge is 2.29. The highest BCUT2D eigenvalue weighted by molar-refractivity contribution is 7.92. The second-order valence-electron chi connectivity index (χ2n) is 9.25. The van der Waals surface area contributed by atoms with Crippen molar-refractivity contribution in [3.05, 3.63) is 65.5 Å². The SMILES string of the molecule is CCC(C(=O)NCC(C)C)N(Cc1ccc(F)cc1)C(=O)CCCN(c1ccc(F)c(F)c1)S(C)(=O)=O. The Morgan fingerprint density at radius 3 is 2.19 bits per heavy atom. The molecule has 0 heterocycles. The number of benzene rings is 2. The molecule has 2 rings (SSSR count). The summed E-state index contributed by atoms with van der Waals surface area (Å²) < 4.78 is 66.0. The highest BCUT2D eigenvalue weighted by Crippen LogP contribution is 2.22. The van der Waals surface area contributed by atoms with Gasteiger partial charge in [-0.15, -0.1) is 0 Å². The summed E-state index contributed by atoms with van der Waals surface area (Å²) in [5.41, 5.74) is 0.570. The number of hydrogen-bond donors (Lipinski definition) is 1. The molecule has 1 unspecified atom stereocenters. The molecule has 2 aromatic carbocycles. The molecule has 7 nitrogen and oxygen atoms in total. The fourth-order valence-corrected chi connectivity index (χ4v) is 4.73. The van der Waals surface area contributed by atoms with Gasteiger partial charge in [-0.05, 0) is 48.6 Å². The van der Waals surface area contributed by atoms with Crippen molar-refractivity contribution in [2.45, 2.75) is 52.6 Å². The first-order chi connectivity index (χ1) is 17.3. The van der Waals surface area contributed by atoms with Gasteiger partial charge in [0.2, 0.25) is 21.8 Å². The minimum atomic E-state index is -3.85. The molecule has 0 saturated carbocycles. The Morgan fingerprint density at radius 1 is 1.00 bits per heavy atom. The van der Waals surface area contributed by atoms with Crippen LogP contribution in [-0.2, 0) is 26.2 Å². The van der Waals surface area contributed by atoms with E-state index in [1.54, 1.807) is 6.92 Å². The largest absolute Gasteiger partial charge is 0.354 e. The van der Waals surface area contributed by atoms with Gasteiger partial charge in [0.15, 0.2) is 11.6 Å². The molecule has 0 aliphatic carbocycles. The van der Waals surface area contributed by atoms with Gasteiger partial charge < -0.3 is 10.2 Å². The zero-order valence-corrected chi connectivity index (χ0v) is 22.3. The van der Waals surface area contributed by atoms with Crippen LogP contribution in [0.3, 0.4) is 0 Å². The van der Waals surface area contributed by atoms with Crippen LogP contribution in [0.15, 0.2) is 42.5 Å². The quantitative estimate of drug-likeness (QED) is 0.411. The van der Waals surface area contributed by atoms with Crippen LogP contribution in [0.2, 0.25) is 0 Å². The molecule has 0 aromatic heterocycles. The lowest BCUT2D eigenvalue weighted by molar-refractivity contribution is -0.141. The number of sulfonamides is 1. The summed E-state index contributed by atoms with van der Waals surface area (Å²) in [6.07, 6.45) is 1.23. The van der Waals surface area contributed by atoms with Crippen LogP contribution < -0.4 is 9.62 Å². The normalized spacial score (nSPS) is 12.3. The van der Waals surface area contributed by atoms with Gasteiger partial charge in [0.05, 0.1) is 11.9 Å². The lowest BCUT2D eigenvalue weighted by Crippen LogP contribution is -2.49. The van der Waals surface area contributed by atoms with Crippen LogP contribution in [0.25, 0.3) is 0 Å². The zero-order chi connectivity index (χ0) is 27.8. The van der Waals surface area contributed by atoms with Crippen molar-refractivity contribution in [1.82, 2.24) is 10.2 Å². The molecule has 37 heavy (non-hydrogen) atoms. The minimum Gasteiger partial charge on any atom is -0.354 e. The average Bonchev–Trinajstić information content (AvgIpc) is 2.82. The summed E-state index contributed by atoms with van der Waals surface area (Å²) in [5.74, 6) is -3.22. The number of nitrogens with zero attached hydrogens (tertiary/aromatic N) is 2. The summed E-state index contributed by atoms with van der Waals surface area (Å²) >= 11 is 0. The van der Waals surface area contributed by atoms with Crippen LogP contribution in [0.4, 0.5) is 18.9 Å². The maximum atomic E-state index is 13.7. The monoisotopic (exact) mass is 541 g/mol. The summed E-state index contributed by atoms with van der Waals surface area (Å²) in [6.45, 7) is 6.01. The van der Waals surface area contributed by atoms with Crippen molar-refractivity contribution >= 4 is 27.5 Å². The van der Waals surface area contributed by atoms with E-state index in [1.165, 1.54) is 29.2 Å². The number of carbonyl (C=O) groups is 2. The van der Waals surface area contributed by atoms with Gasteiger partial charge in [-0.1, -0.05) is 32.9 Å². The summed E-state index contributed by atoms with van der Waals surface area (Å²) in [6, 6.07) is 7.58. The fourth-order valence-electron chi connectivity index (χ4n) is 3.77. The number of carbonyl (C=O) groups excluding carboxylic acids is 2. The Bertz CT molecular complexity index is 1170. The molecule has 1 N–H and O–H groups in total. The molecule has 0 saturated heterocycles. The number of hydrogen-bond acceptors (Lipinski definition) is 4. The number of halogens is 3. The van der Waals surface area contributed by atoms with Gasteiger partial charge in [-0.25, -0.2) is 21.6 Å². The molecular weight excluding hydrogens is 507 g/mol. The summed E-state index contributed by atoms with van der Waals surface area (Å²) in [4.78, 5) is 27.6. The second kappa shape index (κ2) is 13.5. The predicted octanol–water partition coefficient (Wildman–Crippen LogP) is 4.23. The number of nitrogens with one attached hydrogen (secondary N) is 1. The molecule has 0 spiro atoms. The molecule has 0 aliphatic heterocycles. The van der Waals surface area contributed by atoms with Gasteiger partial charge in [0.25, 0.3) is 0 Å². The van der Waals surface area contributed by atoms with Gasteiger partial charge in [0, 0.05) is 32.1 Å². The van der Waals surface area contributed by atoms with E-state index in [0.717, 1.165) is 28.8 Å². The van der Waals surface area contributed by atoms with Crippen LogP contribution in [0.5, 0.6) is 0 Å². The maximum absolute atomic E-state index is 13.7. The summed E-state index contributed by atoms with van der Waals surface area (Å²) in [7, 11) is -3.85. The topological polar surface area (TPSA) is 86.8 Å². The second-order valence-corrected chi connectivity index (χ2v) is 11.2. The van der Waals surface area contributed by atoms with Crippen molar-refractivity contribution < 1.29 is 31.2 Å². The number of rotatable bonds is 13. The Balaban J connectivity index is 2.22. The molecule has 0 fully saturated rings. The van der Waals surface area contributed by atoms with E-state index >= 15 is 0 Å². The van der Waals surface area contributed by atoms with E-state index in [2.05, 4.69) is 5.32 Å². The fraction of sp³-hybridized carbons (Fsp3) is 0.462. The Morgan fingerprint density at radius 2 is 1.65 bits per heavy atom. The zero-order valence-electron chi connectivity index (χ0n) is 21.5. The van der Waals surface area contributed by atoms with Gasteiger partial charge >= 0.3 is 0 Å². The van der Waals surface area contributed by atoms with E-state index in [4.69, 9.17) is 0 Å². The van der Waals surface area contributed by atoms with Gasteiger partial charge in [0.1, 0.15) is 11.9 Å². The summed E-state index contributed by atoms with van der Waals surface area (Å²) in [5, 5.41) is 2.84. The smallest absolute Gasteiger partial charge is 0.242 e. The Labute approximate surface area is 216 Å². The third kappa shape index (κ3) is 9.07. The van der Waals surface area contributed by atoms with E-state index in [9.17, 15) is 31.2 Å². The van der Waals surface area contributed by atoms with E-state index in [0.29, 0.717) is 18.5 Å². The Hall–Kier alpha value is -3.08. The van der Waals surface area contributed by atoms with Crippen molar-refractivity contribution in [3.63, 3.8) is 0 Å². The molecule has 0 bridgehead atoms. The molecule has 2 amide bonds. The van der Waals surface area contributed by atoms with E-state index in [-0.39, 0.29) is 43.4 Å². The van der Waals surface area contributed by atoms with Crippen LogP contribution in [0.1, 0.15) is 45.6 Å². The van der Waals surface area contributed by atoms with E-state index < -0.39 is 39.4 Å². The van der Waals surface area contributed by atoms with Crippen LogP contribution in [-0.4, -0.2) is 50.5 Å². The first-order valence-electron chi connectivity index (χ1n) is 12.1. The molecule has 204 valence electrons. The molecule has 2 aromatic rings. The molecule has 0 radical (unpaired) electrons.